The van der Waals surface area contributed by atoms with E-state index in [1.54, 1.807) is 0 Å². The van der Waals surface area contributed by atoms with E-state index in [0.29, 0.717) is 0 Å². The lowest BCUT2D eigenvalue weighted by Gasteiger charge is -1.97. The fourth-order valence-electron chi connectivity index (χ4n) is 0.974. The van der Waals surface area contributed by atoms with Gasteiger partial charge in [-0.15, -0.1) is 0 Å². The lowest BCUT2D eigenvalue weighted by Crippen LogP contribution is -2.00. The lowest BCUT2D eigenvalue weighted by molar-refractivity contribution is -0.143. The summed E-state index contributed by atoms with van der Waals surface area (Å²) >= 11 is 0. The van der Waals surface area contributed by atoms with Crippen molar-refractivity contribution >= 4 is 11.9 Å². The van der Waals surface area contributed by atoms with Gasteiger partial charge in [-0.25, -0.2) is 0 Å². The van der Waals surface area contributed by atoms with Crippen molar-refractivity contribution < 1.29 is 19.8 Å². The quantitative estimate of drug-likeness (QED) is 0.684. The molecule has 1 rings (SSSR count). The van der Waals surface area contributed by atoms with Crippen LogP contribution in [0.1, 0.15) is 38.5 Å². The summed E-state index contributed by atoms with van der Waals surface area (Å²) in [5, 5.41) is 15.8. The van der Waals surface area contributed by atoms with Gasteiger partial charge in [0.15, 0.2) is 0 Å². The second-order valence-corrected chi connectivity index (χ2v) is 3.04. The van der Waals surface area contributed by atoms with Crippen molar-refractivity contribution in [3.63, 3.8) is 0 Å². The van der Waals surface area contributed by atoms with E-state index in [2.05, 4.69) is 12.2 Å². The van der Waals surface area contributed by atoms with Gasteiger partial charge in [-0.3, -0.25) is 9.59 Å². The van der Waals surface area contributed by atoms with Gasteiger partial charge in [-0.2, -0.15) is 0 Å². The van der Waals surface area contributed by atoms with Crippen LogP contribution in [-0.4, -0.2) is 22.2 Å². The van der Waals surface area contributed by atoms with E-state index in [4.69, 9.17) is 10.2 Å². The maximum absolute atomic E-state index is 9.64. The molecule has 14 heavy (non-hydrogen) atoms. The van der Waals surface area contributed by atoms with Crippen LogP contribution in [0.15, 0.2) is 12.2 Å². The Morgan fingerprint density at radius 2 is 1.29 bits per heavy atom. The standard InChI is InChI=1S/C6H10.C4H6O4/c1-2-4-6-5-3-1;5-3(6)1-2-4(7)8/h1-2H,3-6H2;1-2H2,(H,5,6)(H,7,8). The molecule has 0 aromatic heterocycles. The van der Waals surface area contributed by atoms with Crippen molar-refractivity contribution in [1.82, 2.24) is 0 Å². The number of carboxylic acids is 2. The summed E-state index contributed by atoms with van der Waals surface area (Å²) in [5.41, 5.74) is 0. The largest absolute Gasteiger partial charge is 0.481 e. The molecule has 0 fully saturated rings. The van der Waals surface area contributed by atoms with Gasteiger partial charge in [0.1, 0.15) is 0 Å². The molecule has 4 nitrogen and oxygen atoms in total. The Bertz CT molecular complexity index is 186. The van der Waals surface area contributed by atoms with Gasteiger partial charge in [0.25, 0.3) is 0 Å². The van der Waals surface area contributed by atoms with Crippen LogP contribution in [-0.2, 0) is 9.59 Å². The first-order chi connectivity index (χ1) is 6.63. The molecule has 0 bridgehead atoms. The van der Waals surface area contributed by atoms with Gasteiger partial charge in [-0.05, 0) is 25.7 Å². The van der Waals surface area contributed by atoms with E-state index in [1.807, 2.05) is 0 Å². The zero-order valence-electron chi connectivity index (χ0n) is 8.11. The highest BCUT2D eigenvalue weighted by Crippen LogP contribution is 2.07. The number of allylic oxidation sites excluding steroid dienone is 2. The van der Waals surface area contributed by atoms with Gasteiger partial charge < -0.3 is 10.2 Å². The fraction of sp³-hybridized carbons (Fsp3) is 0.600. The Balaban J connectivity index is 0.000000249. The fourth-order valence-corrected chi connectivity index (χ4v) is 0.974. The smallest absolute Gasteiger partial charge is 0.303 e. The number of hydrogen-bond acceptors (Lipinski definition) is 2. The van der Waals surface area contributed by atoms with Crippen LogP contribution < -0.4 is 0 Å². The minimum absolute atomic E-state index is 0.296. The molecule has 1 aliphatic rings. The van der Waals surface area contributed by atoms with E-state index in [9.17, 15) is 9.59 Å². The molecule has 0 heterocycles. The van der Waals surface area contributed by atoms with Crippen LogP contribution in [0, 0.1) is 0 Å². The molecular formula is C10H16O4. The van der Waals surface area contributed by atoms with Gasteiger partial charge in [0, 0.05) is 0 Å². The Labute approximate surface area is 83.2 Å². The number of rotatable bonds is 3. The number of aliphatic carboxylic acids is 2. The first kappa shape index (κ1) is 12.7. The molecule has 0 amide bonds. The SMILES string of the molecule is C1=CCCCC1.O=C(O)CCC(=O)O. The highest BCUT2D eigenvalue weighted by atomic mass is 16.4. The minimum Gasteiger partial charge on any atom is -0.481 e. The van der Waals surface area contributed by atoms with Crippen molar-refractivity contribution in [3.8, 4) is 0 Å². The van der Waals surface area contributed by atoms with Crippen molar-refractivity contribution in [3.05, 3.63) is 12.2 Å². The number of carboxylic acid groups (broad SMARTS) is 2. The van der Waals surface area contributed by atoms with Gasteiger partial charge >= 0.3 is 11.9 Å². The van der Waals surface area contributed by atoms with Crippen molar-refractivity contribution in [1.29, 1.82) is 0 Å². The summed E-state index contributed by atoms with van der Waals surface area (Å²) in [6, 6.07) is 0. The Morgan fingerprint density at radius 1 is 0.929 bits per heavy atom. The minimum atomic E-state index is -1.08. The number of carbonyl (C=O) groups is 2. The summed E-state index contributed by atoms with van der Waals surface area (Å²) < 4.78 is 0. The highest BCUT2D eigenvalue weighted by Gasteiger charge is 2.00. The van der Waals surface area contributed by atoms with Crippen LogP contribution >= 0.6 is 0 Å². The van der Waals surface area contributed by atoms with E-state index in [-0.39, 0.29) is 12.8 Å². The number of hydrogen-bond donors (Lipinski definition) is 2. The third-order valence-corrected chi connectivity index (χ3v) is 1.71. The van der Waals surface area contributed by atoms with Crippen LogP contribution in [0.4, 0.5) is 0 Å². The third kappa shape index (κ3) is 10.7. The van der Waals surface area contributed by atoms with Gasteiger partial charge in [-0.1, -0.05) is 12.2 Å². The monoisotopic (exact) mass is 200 g/mol. The van der Waals surface area contributed by atoms with Crippen LogP contribution in [0.25, 0.3) is 0 Å². The van der Waals surface area contributed by atoms with Crippen molar-refractivity contribution in [2.24, 2.45) is 0 Å². The first-order valence-corrected chi connectivity index (χ1v) is 4.71. The molecule has 1 aliphatic carbocycles. The second-order valence-electron chi connectivity index (χ2n) is 3.04. The van der Waals surface area contributed by atoms with Gasteiger partial charge in [0.2, 0.25) is 0 Å². The predicted octanol–water partition coefficient (Wildman–Crippen LogP) is 2.05. The molecule has 80 valence electrons. The normalized spacial score (nSPS) is 14.0. The molecule has 0 radical (unpaired) electrons. The maximum atomic E-state index is 9.64. The molecule has 0 aromatic rings. The summed E-state index contributed by atoms with van der Waals surface area (Å²) in [6.07, 6.45) is 9.41. The average Bonchev–Trinajstić information content (AvgIpc) is 2.18. The first-order valence-electron chi connectivity index (χ1n) is 4.71. The van der Waals surface area contributed by atoms with E-state index in [1.165, 1.54) is 25.7 Å². The molecule has 0 unspecified atom stereocenters. The summed E-state index contributed by atoms with van der Waals surface area (Å²) in [7, 11) is 0. The van der Waals surface area contributed by atoms with E-state index >= 15 is 0 Å². The molecule has 4 heteroatoms. The molecule has 0 aliphatic heterocycles. The molecular weight excluding hydrogens is 184 g/mol. The van der Waals surface area contributed by atoms with Crippen LogP contribution in [0.2, 0.25) is 0 Å². The molecule has 0 saturated carbocycles. The van der Waals surface area contributed by atoms with Gasteiger partial charge in [0.05, 0.1) is 12.8 Å². The Hall–Kier alpha value is -1.32. The summed E-state index contributed by atoms with van der Waals surface area (Å²) in [4.78, 5) is 19.3. The summed E-state index contributed by atoms with van der Waals surface area (Å²) in [6.45, 7) is 0. The molecule has 0 saturated heterocycles. The third-order valence-electron chi connectivity index (χ3n) is 1.71. The lowest BCUT2D eigenvalue weighted by atomic mass is 10.1. The molecule has 2 N–H and O–H groups in total. The second kappa shape index (κ2) is 8.29. The predicted molar refractivity (Wildman–Crippen MR) is 52.1 cm³/mol. The zero-order valence-corrected chi connectivity index (χ0v) is 8.11. The van der Waals surface area contributed by atoms with Crippen molar-refractivity contribution in [2.45, 2.75) is 38.5 Å². The average molecular weight is 200 g/mol. The molecule has 0 aromatic carbocycles. The Morgan fingerprint density at radius 3 is 1.43 bits per heavy atom. The topological polar surface area (TPSA) is 74.6 Å². The maximum Gasteiger partial charge on any atom is 0.303 e. The van der Waals surface area contributed by atoms with Crippen molar-refractivity contribution in [2.75, 3.05) is 0 Å². The van der Waals surface area contributed by atoms with Crippen LogP contribution in [0.3, 0.4) is 0 Å². The van der Waals surface area contributed by atoms with Crippen LogP contribution in [0.5, 0.6) is 0 Å². The summed E-state index contributed by atoms with van der Waals surface area (Å²) in [5.74, 6) is -2.15. The zero-order chi connectivity index (χ0) is 10.8. The molecule has 0 spiro atoms. The Kier molecular flexibility index (Phi) is 7.50. The van der Waals surface area contributed by atoms with E-state index < -0.39 is 11.9 Å². The highest BCUT2D eigenvalue weighted by molar-refractivity contribution is 5.75. The molecule has 0 atom stereocenters. The van der Waals surface area contributed by atoms with E-state index in [0.717, 1.165) is 0 Å².